The minimum atomic E-state index is -0.260. The van der Waals surface area contributed by atoms with E-state index in [1.807, 2.05) is 22.7 Å². The first-order valence-electron chi connectivity index (χ1n) is 28.0. The SMILES string of the molecule is CC1(C)CCC(C)(C)c2cc3c(cc21)sc1cccc(N2B4c5c(cc6c(c5-c5c2ccc2sc7cc8c(cc7c52)C(C)(C)CCC8(C)C)C(C)(C)c2ccccc2-6)-n2c5cc6ccccc6cc5c5cccc4c52)c13. The predicted molar refractivity (Wildman–Crippen MR) is 331 cm³/mol. The fraction of sp³-hybridized carbons (Fsp3) is 0.268. The summed E-state index contributed by atoms with van der Waals surface area (Å²) in [5.74, 6) is 0. The fourth-order valence-electron chi connectivity index (χ4n) is 16.2. The Morgan fingerprint density at radius 2 is 1.01 bits per heavy atom. The molecule has 2 aliphatic heterocycles. The van der Waals surface area contributed by atoms with E-state index >= 15 is 0 Å². The summed E-state index contributed by atoms with van der Waals surface area (Å²) in [6, 6.07) is 56.0. The van der Waals surface area contributed by atoms with Gasteiger partial charge in [0, 0.05) is 79.2 Å². The molecule has 0 saturated carbocycles. The number of aromatic nitrogens is 1. The smallest absolute Gasteiger partial charge is 0.333 e. The zero-order valence-electron chi connectivity index (χ0n) is 45.4. The monoisotopic (exact) mass is 1020 g/mol. The molecule has 9 aromatic carbocycles. The molecule has 2 nitrogen and oxygen atoms in total. The molecule has 3 aliphatic carbocycles. The van der Waals surface area contributed by atoms with Crippen molar-refractivity contribution in [1.29, 1.82) is 0 Å². The minimum Gasteiger partial charge on any atom is -0.376 e. The van der Waals surface area contributed by atoms with Gasteiger partial charge in [-0.3, -0.25) is 0 Å². The highest BCUT2D eigenvalue weighted by Gasteiger charge is 2.50. The van der Waals surface area contributed by atoms with E-state index in [9.17, 15) is 0 Å². The predicted octanol–water partition coefficient (Wildman–Crippen LogP) is 18.9. The summed E-state index contributed by atoms with van der Waals surface area (Å²) in [6.07, 6.45) is 4.78. The lowest BCUT2D eigenvalue weighted by Crippen LogP contribution is -2.61. The van der Waals surface area contributed by atoms with Crippen LogP contribution in [0.5, 0.6) is 0 Å². The van der Waals surface area contributed by atoms with E-state index in [1.54, 1.807) is 0 Å². The molecule has 0 N–H and O–H groups in total. The van der Waals surface area contributed by atoms with Crippen LogP contribution in [0, 0.1) is 0 Å². The van der Waals surface area contributed by atoms with Crippen molar-refractivity contribution in [2.75, 3.05) is 4.81 Å². The third kappa shape index (κ3) is 5.40. The second-order valence-corrected chi connectivity index (χ2v) is 29.0. The lowest BCUT2D eigenvalue weighted by Gasteiger charge is -2.44. The van der Waals surface area contributed by atoms with E-state index < -0.39 is 0 Å². The third-order valence-electron chi connectivity index (χ3n) is 20.4. The van der Waals surface area contributed by atoms with Crippen LogP contribution in [0.25, 0.3) is 101 Å². The first-order chi connectivity index (χ1) is 36.4. The van der Waals surface area contributed by atoms with Crippen molar-refractivity contribution in [2.24, 2.45) is 0 Å². The molecule has 0 saturated heterocycles. The molecule has 0 bridgehead atoms. The zero-order valence-corrected chi connectivity index (χ0v) is 47.0. The molecule has 17 rings (SSSR count). The molecule has 12 aromatic rings. The molecule has 0 spiro atoms. The van der Waals surface area contributed by atoms with Crippen molar-refractivity contribution >= 4 is 125 Å². The standard InChI is InChI=1S/C71H61BN2S2/c1-67(2)27-29-69(5,6)49-36-58-44(33-47(49)67)60-52(23-16-24-56(60)75-58)74-53-25-26-57-61(45-34-48-50(37-59(45)76-57)70(7,8)30-28-68(48,3)4)62(53)63-64-43(40-19-13-14-21-46(40)71(64,9)10)35-55-65(63)72(74)51-22-15-20-41-42-31-38-17-11-12-18-39(38)32-54(42)73(55)66(41)51/h11-26,31-37H,27-30H2,1-10H3. The Morgan fingerprint density at radius 3 is 1.70 bits per heavy atom. The summed E-state index contributed by atoms with van der Waals surface area (Å²) in [7, 11) is 0. The number of anilines is 2. The molecule has 3 aromatic heterocycles. The van der Waals surface area contributed by atoms with Gasteiger partial charge in [-0.2, -0.15) is 0 Å². The van der Waals surface area contributed by atoms with Gasteiger partial charge in [-0.25, -0.2) is 0 Å². The lowest BCUT2D eigenvalue weighted by molar-refractivity contribution is 0.332. The van der Waals surface area contributed by atoms with Crippen molar-refractivity contribution in [3.8, 4) is 27.9 Å². The van der Waals surface area contributed by atoms with Crippen molar-refractivity contribution in [3.05, 3.63) is 173 Å². The number of hydrogen-bond donors (Lipinski definition) is 0. The third-order valence-corrected chi connectivity index (χ3v) is 22.7. The molecule has 0 amide bonds. The molecule has 0 unspecified atom stereocenters. The van der Waals surface area contributed by atoms with Crippen molar-refractivity contribution in [3.63, 3.8) is 0 Å². The van der Waals surface area contributed by atoms with E-state index in [2.05, 4.69) is 218 Å². The topological polar surface area (TPSA) is 8.17 Å². The van der Waals surface area contributed by atoms with Crippen LogP contribution in [0.1, 0.15) is 128 Å². The van der Waals surface area contributed by atoms with Crippen LogP contribution >= 0.6 is 22.7 Å². The van der Waals surface area contributed by atoms with Crippen LogP contribution in [-0.4, -0.2) is 11.4 Å². The highest BCUT2D eigenvalue weighted by Crippen LogP contribution is 2.61. The average molecular weight is 1020 g/mol. The Morgan fingerprint density at radius 1 is 0.421 bits per heavy atom. The van der Waals surface area contributed by atoms with E-state index in [4.69, 9.17) is 0 Å². The first-order valence-corrected chi connectivity index (χ1v) is 29.7. The Bertz CT molecular complexity index is 4700. The average Bonchev–Trinajstić information content (AvgIpc) is 4.27. The zero-order chi connectivity index (χ0) is 51.5. The molecule has 76 heavy (non-hydrogen) atoms. The Labute approximate surface area is 454 Å². The summed E-state index contributed by atoms with van der Waals surface area (Å²) >= 11 is 4.00. The minimum absolute atomic E-state index is 0.0728. The van der Waals surface area contributed by atoms with Gasteiger partial charge < -0.3 is 9.38 Å². The van der Waals surface area contributed by atoms with Crippen molar-refractivity contribution in [1.82, 2.24) is 4.57 Å². The molecular weight excluding hydrogens is 956 g/mol. The second-order valence-electron chi connectivity index (χ2n) is 26.9. The molecule has 370 valence electrons. The van der Waals surface area contributed by atoms with Crippen LogP contribution in [0.4, 0.5) is 11.4 Å². The molecule has 5 heteroatoms. The van der Waals surface area contributed by atoms with E-state index in [1.165, 1.54) is 182 Å². The van der Waals surface area contributed by atoms with Crippen LogP contribution in [0.15, 0.2) is 140 Å². The van der Waals surface area contributed by atoms with Gasteiger partial charge in [0.1, 0.15) is 0 Å². The fourth-order valence-corrected chi connectivity index (χ4v) is 18.5. The summed E-state index contributed by atoms with van der Waals surface area (Å²) in [5.41, 5.74) is 24.1. The summed E-state index contributed by atoms with van der Waals surface area (Å²) < 4.78 is 8.24. The number of nitrogens with zero attached hydrogens (tertiary/aromatic N) is 2. The number of para-hydroxylation sites is 1. The van der Waals surface area contributed by atoms with Crippen LogP contribution in [0.2, 0.25) is 0 Å². The van der Waals surface area contributed by atoms with Gasteiger partial charge in [-0.15, -0.1) is 22.7 Å². The van der Waals surface area contributed by atoms with Crippen molar-refractivity contribution in [2.45, 2.75) is 122 Å². The number of fused-ring (bicyclic) bond motifs is 21. The van der Waals surface area contributed by atoms with E-state index in [-0.39, 0.29) is 33.9 Å². The maximum Gasteiger partial charge on any atom is 0.333 e. The normalized spacial score (nSPS) is 18.7. The Kier molecular flexibility index (Phi) is 8.24. The van der Waals surface area contributed by atoms with E-state index in [0.29, 0.717) is 0 Å². The molecule has 0 radical (unpaired) electrons. The highest BCUT2D eigenvalue weighted by atomic mass is 32.1. The number of benzene rings is 9. The lowest BCUT2D eigenvalue weighted by atomic mass is 9.43. The van der Waals surface area contributed by atoms with Crippen LogP contribution in [-0.2, 0) is 27.1 Å². The van der Waals surface area contributed by atoms with Gasteiger partial charge >= 0.3 is 6.85 Å². The molecule has 0 atom stereocenters. The van der Waals surface area contributed by atoms with Gasteiger partial charge in [0.25, 0.3) is 0 Å². The number of rotatable bonds is 1. The molecule has 0 fully saturated rings. The van der Waals surface area contributed by atoms with E-state index in [0.717, 1.165) is 0 Å². The van der Waals surface area contributed by atoms with Gasteiger partial charge in [0.05, 0.1) is 11.0 Å². The Hall–Kier alpha value is -6.66. The number of thiophene rings is 2. The molecule has 5 aliphatic rings. The number of hydrogen-bond acceptors (Lipinski definition) is 3. The quantitative estimate of drug-likeness (QED) is 0.149. The van der Waals surface area contributed by atoms with Gasteiger partial charge in [0.2, 0.25) is 0 Å². The summed E-state index contributed by atoms with van der Waals surface area (Å²) in [6.45, 7) is 24.8. The second kappa shape index (κ2) is 14.1. The van der Waals surface area contributed by atoms with Crippen LogP contribution in [0.3, 0.4) is 0 Å². The van der Waals surface area contributed by atoms with Gasteiger partial charge in [-0.1, -0.05) is 142 Å². The van der Waals surface area contributed by atoms with Gasteiger partial charge in [-0.05, 0) is 186 Å². The first kappa shape index (κ1) is 44.5. The largest absolute Gasteiger partial charge is 0.376 e. The maximum atomic E-state index is 2.87. The summed E-state index contributed by atoms with van der Waals surface area (Å²) in [4.78, 5) is 2.87. The molecule has 5 heterocycles. The maximum absolute atomic E-state index is 2.87. The van der Waals surface area contributed by atoms with Crippen LogP contribution < -0.4 is 15.7 Å². The molecular formula is C71H61BN2S2. The Balaban J connectivity index is 1.09. The van der Waals surface area contributed by atoms with Crippen molar-refractivity contribution < 1.29 is 0 Å². The summed E-state index contributed by atoms with van der Waals surface area (Å²) in [5, 5.41) is 10.8. The van der Waals surface area contributed by atoms with Gasteiger partial charge in [0.15, 0.2) is 0 Å². The highest BCUT2D eigenvalue weighted by molar-refractivity contribution is 7.26.